The Morgan fingerprint density at radius 3 is 2.60 bits per heavy atom. The van der Waals surface area contributed by atoms with E-state index in [0.717, 1.165) is 11.8 Å². The summed E-state index contributed by atoms with van der Waals surface area (Å²) in [6, 6.07) is 11.4. The van der Waals surface area contributed by atoms with Crippen molar-refractivity contribution in [2.75, 3.05) is 11.6 Å². The molecule has 0 amide bonds. The summed E-state index contributed by atoms with van der Waals surface area (Å²) in [6.45, 7) is 2.20. The van der Waals surface area contributed by atoms with E-state index in [-0.39, 0.29) is 10.7 Å². The Kier molecular flexibility index (Phi) is 4.09. The summed E-state index contributed by atoms with van der Waals surface area (Å²) in [5.41, 5.74) is 2.18. The van der Waals surface area contributed by atoms with Crippen molar-refractivity contribution >= 4 is 15.5 Å². The number of halogens is 1. The zero-order valence-corrected chi connectivity index (χ0v) is 12.2. The summed E-state index contributed by atoms with van der Waals surface area (Å²) >= 11 is 0. The Hall–Kier alpha value is -1.88. The summed E-state index contributed by atoms with van der Waals surface area (Å²) in [6.07, 6.45) is 1.16. The molecule has 0 aromatic heterocycles. The highest BCUT2D eigenvalue weighted by Gasteiger charge is 2.08. The number of sulfone groups is 1. The quantitative estimate of drug-likeness (QED) is 0.942. The Balaban J connectivity index is 2.17. The molecule has 0 aliphatic carbocycles. The van der Waals surface area contributed by atoms with Crippen LogP contribution < -0.4 is 5.32 Å². The normalized spacial score (nSPS) is 11.3. The maximum Gasteiger partial charge on any atom is 0.175 e. The van der Waals surface area contributed by atoms with Gasteiger partial charge in [-0.1, -0.05) is 23.8 Å². The van der Waals surface area contributed by atoms with Crippen LogP contribution in [0.15, 0.2) is 47.4 Å². The summed E-state index contributed by atoms with van der Waals surface area (Å²) in [5, 5.41) is 3.04. The molecule has 0 aliphatic rings. The van der Waals surface area contributed by atoms with Crippen LogP contribution >= 0.6 is 0 Å². The Labute approximate surface area is 118 Å². The maximum absolute atomic E-state index is 13.6. The molecule has 0 saturated heterocycles. The van der Waals surface area contributed by atoms with Crippen LogP contribution in [0.5, 0.6) is 0 Å². The molecule has 0 heterocycles. The van der Waals surface area contributed by atoms with Crippen LogP contribution in [0.25, 0.3) is 0 Å². The van der Waals surface area contributed by atoms with Crippen LogP contribution in [0.4, 0.5) is 10.1 Å². The van der Waals surface area contributed by atoms with Crippen molar-refractivity contribution in [2.24, 2.45) is 0 Å². The van der Waals surface area contributed by atoms with Crippen LogP contribution in [0.1, 0.15) is 11.1 Å². The first-order valence-corrected chi connectivity index (χ1v) is 8.04. The molecule has 0 bridgehead atoms. The van der Waals surface area contributed by atoms with E-state index in [2.05, 4.69) is 5.32 Å². The molecule has 0 atom stereocenters. The molecule has 0 aliphatic heterocycles. The molecule has 5 heteroatoms. The van der Waals surface area contributed by atoms with E-state index in [1.807, 2.05) is 6.92 Å². The molecule has 2 rings (SSSR count). The second-order valence-electron chi connectivity index (χ2n) is 4.75. The van der Waals surface area contributed by atoms with Crippen molar-refractivity contribution in [3.63, 3.8) is 0 Å². The third-order valence-corrected chi connectivity index (χ3v) is 4.06. The van der Waals surface area contributed by atoms with Crippen molar-refractivity contribution in [3.8, 4) is 0 Å². The van der Waals surface area contributed by atoms with Gasteiger partial charge in [0.15, 0.2) is 9.84 Å². The van der Waals surface area contributed by atoms with Crippen molar-refractivity contribution in [1.29, 1.82) is 0 Å². The number of nitrogens with one attached hydrogen (secondary N) is 1. The molecule has 0 radical (unpaired) electrons. The van der Waals surface area contributed by atoms with Gasteiger partial charge in [0, 0.05) is 24.1 Å². The molecule has 0 unspecified atom stereocenters. The fourth-order valence-corrected chi connectivity index (χ4v) is 2.54. The van der Waals surface area contributed by atoms with Crippen LogP contribution in [0.2, 0.25) is 0 Å². The van der Waals surface area contributed by atoms with E-state index >= 15 is 0 Å². The third-order valence-electron chi connectivity index (χ3n) is 2.95. The van der Waals surface area contributed by atoms with Crippen LogP contribution in [-0.2, 0) is 16.4 Å². The molecule has 0 saturated carbocycles. The van der Waals surface area contributed by atoms with Gasteiger partial charge in [-0.15, -0.1) is 0 Å². The molecular weight excluding hydrogens is 277 g/mol. The lowest BCUT2D eigenvalue weighted by Gasteiger charge is -2.09. The predicted molar refractivity (Wildman–Crippen MR) is 78.0 cm³/mol. The lowest BCUT2D eigenvalue weighted by molar-refractivity contribution is 0.601. The molecule has 106 valence electrons. The second-order valence-corrected chi connectivity index (χ2v) is 6.76. The highest BCUT2D eigenvalue weighted by molar-refractivity contribution is 7.90. The monoisotopic (exact) mass is 293 g/mol. The van der Waals surface area contributed by atoms with E-state index in [0.29, 0.717) is 17.8 Å². The number of aryl methyl sites for hydroxylation is 1. The van der Waals surface area contributed by atoms with E-state index in [1.165, 1.54) is 12.1 Å². The van der Waals surface area contributed by atoms with E-state index in [9.17, 15) is 12.8 Å². The molecule has 2 aromatic rings. The van der Waals surface area contributed by atoms with Gasteiger partial charge >= 0.3 is 0 Å². The number of hydrogen-bond acceptors (Lipinski definition) is 3. The summed E-state index contributed by atoms with van der Waals surface area (Å²) in [4.78, 5) is 0.243. The molecule has 0 spiro atoms. The zero-order valence-electron chi connectivity index (χ0n) is 11.4. The fraction of sp³-hybridized carbons (Fsp3) is 0.200. The topological polar surface area (TPSA) is 46.2 Å². The van der Waals surface area contributed by atoms with Gasteiger partial charge in [-0.05, 0) is 31.2 Å². The first kappa shape index (κ1) is 14.5. The first-order chi connectivity index (χ1) is 9.36. The summed E-state index contributed by atoms with van der Waals surface area (Å²) in [5.74, 6) is -0.276. The second kappa shape index (κ2) is 5.63. The Morgan fingerprint density at radius 1 is 1.15 bits per heavy atom. The zero-order chi connectivity index (χ0) is 14.8. The van der Waals surface area contributed by atoms with Crippen molar-refractivity contribution in [3.05, 3.63) is 59.4 Å². The minimum atomic E-state index is -3.24. The number of benzene rings is 2. The average molecular weight is 293 g/mol. The van der Waals surface area contributed by atoms with Gasteiger partial charge in [-0.25, -0.2) is 12.8 Å². The van der Waals surface area contributed by atoms with E-state index < -0.39 is 9.84 Å². The fourth-order valence-electron chi connectivity index (χ4n) is 1.87. The Bertz CT molecular complexity index is 726. The molecular formula is C15H16FNO2S. The minimum absolute atomic E-state index is 0.243. The van der Waals surface area contributed by atoms with Gasteiger partial charge in [0.2, 0.25) is 0 Å². The van der Waals surface area contributed by atoms with Crippen molar-refractivity contribution in [1.82, 2.24) is 0 Å². The largest absolute Gasteiger partial charge is 0.381 e. The number of rotatable bonds is 4. The minimum Gasteiger partial charge on any atom is -0.381 e. The molecule has 0 fully saturated rings. The van der Waals surface area contributed by atoms with Gasteiger partial charge in [-0.3, -0.25) is 0 Å². The lowest BCUT2D eigenvalue weighted by Crippen LogP contribution is -2.04. The third kappa shape index (κ3) is 3.57. The van der Waals surface area contributed by atoms with E-state index in [4.69, 9.17) is 0 Å². The lowest BCUT2D eigenvalue weighted by atomic mass is 10.1. The SMILES string of the molecule is Cc1ccc(F)c(CNc2cccc(S(C)(=O)=O)c2)c1. The van der Waals surface area contributed by atoms with Gasteiger partial charge in [-0.2, -0.15) is 0 Å². The van der Waals surface area contributed by atoms with Gasteiger partial charge in [0.1, 0.15) is 5.82 Å². The van der Waals surface area contributed by atoms with Crippen LogP contribution in [0, 0.1) is 12.7 Å². The van der Waals surface area contributed by atoms with Crippen LogP contribution in [0.3, 0.4) is 0 Å². The van der Waals surface area contributed by atoms with Crippen molar-refractivity contribution in [2.45, 2.75) is 18.4 Å². The summed E-state index contributed by atoms with van der Waals surface area (Å²) in [7, 11) is -3.24. The Morgan fingerprint density at radius 2 is 1.90 bits per heavy atom. The van der Waals surface area contributed by atoms with Gasteiger partial charge in [0.05, 0.1) is 4.90 Å². The maximum atomic E-state index is 13.6. The van der Waals surface area contributed by atoms with Gasteiger partial charge in [0.25, 0.3) is 0 Å². The summed E-state index contributed by atoms with van der Waals surface area (Å²) < 4.78 is 36.5. The highest BCUT2D eigenvalue weighted by Crippen LogP contribution is 2.17. The standard InChI is InChI=1S/C15H16FNO2S/c1-11-6-7-15(16)12(8-11)10-17-13-4-3-5-14(9-13)20(2,18)19/h3-9,17H,10H2,1-2H3. The van der Waals surface area contributed by atoms with E-state index in [1.54, 1.807) is 30.3 Å². The highest BCUT2D eigenvalue weighted by atomic mass is 32.2. The number of hydrogen-bond donors (Lipinski definition) is 1. The first-order valence-electron chi connectivity index (χ1n) is 6.15. The van der Waals surface area contributed by atoms with Gasteiger partial charge < -0.3 is 5.32 Å². The van der Waals surface area contributed by atoms with Crippen molar-refractivity contribution < 1.29 is 12.8 Å². The number of anilines is 1. The molecule has 2 aromatic carbocycles. The molecule has 3 nitrogen and oxygen atoms in total. The molecule has 20 heavy (non-hydrogen) atoms. The molecule has 1 N–H and O–H groups in total. The predicted octanol–water partition coefficient (Wildman–Crippen LogP) is 3.15. The average Bonchev–Trinajstić information content (AvgIpc) is 2.39. The van der Waals surface area contributed by atoms with Crippen LogP contribution in [-0.4, -0.2) is 14.7 Å². The smallest absolute Gasteiger partial charge is 0.175 e.